The lowest BCUT2D eigenvalue weighted by atomic mass is 10.2. The highest BCUT2D eigenvalue weighted by Gasteiger charge is 2.16. The fraction of sp³-hybridized carbons (Fsp3) is 0.444. The van der Waals surface area contributed by atoms with Crippen LogP contribution in [-0.2, 0) is 10.5 Å². The van der Waals surface area contributed by atoms with Gasteiger partial charge in [0.15, 0.2) is 0 Å². The number of thioether (sulfide) groups is 1. The average Bonchev–Trinajstić information content (AvgIpc) is 2.16. The minimum atomic E-state index is -0.499. The molecule has 0 saturated carbocycles. The van der Waals surface area contributed by atoms with Gasteiger partial charge in [-0.05, 0) is 13.2 Å². The smallest absolute Gasteiger partial charge is 0.343 e. The van der Waals surface area contributed by atoms with Gasteiger partial charge in [-0.2, -0.15) is 11.8 Å². The molecule has 0 aliphatic heterocycles. The number of anilines is 1. The number of rotatable bonds is 3. The van der Waals surface area contributed by atoms with E-state index in [9.17, 15) is 4.79 Å². The van der Waals surface area contributed by atoms with Crippen molar-refractivity contribution < 1.29 is 9.53 Å². The van der Waals surface area contributed by atoms with Crippen molar-refractivity contribution in [2.45, 2.75) is 12.7 Å². The summed E-state index contributed by atoms with van der Waals surface area (Å²) in [6.07, 6.45) is 1.95. The van der Waals surface area contributed by atoms with Gasteiger partial charge in [-0.3, -0.25) is 0 Å². The van der Waals surface area contributed by atoms with E-state index in [0.29, 0.717) is 17.3 Å². The lowest BCUT2D eigenvalue weighted by Gasteiger charge is -2.07. The van der Waals surface area contributed by atoms with E-state index in [-0.39, 0.29) is 11.4 Å². The van der Waals surface area contributed by atoms with E-state index in [1.807, 2.05) is 6.26 Å². The number of esters is 1. The van der Waals surface area contributed by atoms with E-state index in [1.165, 1.54) is 7.11 Å². The Kier molecular flexibility index (Phi) is 3.90. The fourth-order valence-corrected chi connectivity index (χ4v) is 1.59. The highest BCUT2D eigenvalue weighted by molar-refractivity contribution is 7.97. The van der Waals surface area contributed by atoms with Crippen molar-refractivity contribution in [3.63, 3.8) is 0 Å². The Bertz CT molecular complexity index is 359. The fourth-order valence-electron chi connectivity index (χ4n) is 1.20. The maximum Gasteiger partial charge on any atom is 0.343 e. The first-order chi connectivity index (χ1) is 7.10. The van der Waals surface area contributed by atoms with Crippen LogP contribution in [0.1, 0.15) is 21.9 Å². The molecule has 0 amide bonds. The zero-order chi connectivity index (χ0) is 11.4. The quantitative estimate of drug-likeness (QED) is 0.777. The van der Waals surface area contributed by atoms with Gasteiger partial charge in [-0.1, -0.05) is 0 Å². The van der Waals surface area contributed by atoms with Crippen LogP contribution in [0.3, 0.4) is 0 Å². The molecule has 0 unspecified atom stereocenters. The molecule has 0 atom stereocenters. The predicted octanol–water partition coefficient (Wildman–Crippen LogP) is 1.02. The zero-order valence-electron chi connectivity index (χ0n) is 8.90. The highest BCUT2D eigenvalue weighted by Crippen LogP contribution is 2.15. The molecule has 0 aliphatic carbocycles. The normalized spacial score (nSPS) is 10.1. The number of nitrogens with two attached hydrogens (primary N) is 1. The standard InChI is InChI=1S/C9H13N3O2S/c1-5-7(9(13)14-2)8(10)12-6(11-5)4-15-3/h4H2,1-3H3,(H2,10,11,12). The maximum absolute atomic E-state index is 11.3. The van der Waals surface area contributed by atoms with Crippen LogP contribution in [0, 0.1) is 6.92 Å². The Labute approximate surface area is 92.4 Å². The number of nitrogens with zero attached hydrogens (tertiary/aromatic N) is 2. The van der Waals surface area contributed by atoms with Crippen molar-refractivity contribution >= 4 is 23.5 Å². The van der Waals surface area contributed by atoms with Gasteiger partial charge >= 0.3 is 5.97 Å². The Morgan fingerprint density at radius 2 is 2.20 bits per heavy atom. The predicted molar refractivity (Wildman–Crippen MR) is 59.7 cm³/mol. The minimum Gasteiger partial charge on any atom is -0.465 e. The summed E-state index contributed by atoms with van der Waals surface area (Å²) in [5, 5.41) is 0. The first-order valence-electron chi connectivity index (χ1n) is 4.30. The number of carbonyl (C=O) groups excluding carboxylic acids is 1. The summed E-state index contributed by atoms with van der Waals surface area (Å²) in [5.74, 6) is 0.983. The van der Waals surface area contributed by atoms with E-state index in [4.69, 9.17) is 5.73 Å². The lowest BCUT2D eigenvalue weighted by Crippen LogP contribution is -2.13. The second-order valence-corrected chi connectivity index (χ2v) is 3.78. The molecule has 1 rings (SSSR count). The first kappa shape index (κ1) is 11.8. The molecule has 0 saturated heterocycles. The largest absolute Gasteiger partial charge is 0.465 e. The number of hydrogen-bond donors (Lipinski definition) is 1. The molecule has 2 N–H and O–H groups in total. The molecule has 0 radical (unpaired) electrons. The summed E-state index contributed by atoms with van der Waals surface area (Å²) in [4.78, 5) is 19.6. The summed E-state index contributed by atoms with van der Waals surface area (Å²) < 4.78 is 4.59. The first-order valence-corrected chi connectivity index (χ1v) is 5.69. The van der Waals surface area contributed by atoms with Crippen LogP contribution < -0.4 is 5.73 Å². The van der Waals surface area contributed by atoms with Crippen LogP contribution in [0.4, 0.5) is 5.82 Å². The van der Waals surface area contributed by atoms with Gasteiger partial charge in [-0.25, -0.2) is 14.8 Å². The van der Waals surface area contributed by atoms with Crippen LogP contribution in [0.2, 0.25) is 0 Å². The monoisotopic (exact) mass is 227 g/mol. The summed E-state index contributed by atoms with van der Waals surface area (Å²) >= 11 is 1.60. The average molecular weight is 227 g/mol. The number of aryl methyl sites for hydroxylation is 1. The number of methoxy groups -OCH3 is 1. The second kappa shape index (κ2) is 4.97. The molecule has 0 aliphatic rings. The van der Waals surface area contributed by atoms with Crippen LogP contribution in [0.5, 0.6) is 0 Å². The van der Waals surface area contributed by atoms with Gasteiger partial charge in [0, 0.05) is 0 Å². The van der Waals surface area contributed by atoms with Gasteiger partial charge in [0.05, 0.1) is 18.6 Å². The van der Waals surface area contributed by atoms with Crippen LogP contribution in [0.15, 0.2) is 0 Å². The Balaban J connectivity index is 3.15. The van der Waals surface area contributed by atoms with E-state index < -0.39 is 5.97 Å². The van der Waals surface area contributed by atoms with Gasteiger partial charge in [0.2, 0.25) is 0 Å². The molecule has 0 aromatic carbocycles. The van der Waals surface area contributed by atoms with Crippen molar-refractivity contribution in [1.29, 1.82) is 0 Å². The Morgan fingerprint density at radius 1 is 1.53 bits per heavy atom. The van der Waals surface area contributed by atoms with Gasteiger partial charge < -0.3 is 10.5 Å². The molecular formula is C9H13N3O2S. The van der Waals surface area contributed by atoms with E-state index in [0.717, 1.165) is 0 Å². The third kappa shape index (κ3) is 2.59. The van der Waals surface area contributed by atoms with Crippen LogP contribution in [0.25, 0.3) is 0 Å². The SMILES string of the molecule is COC(=O)c1c(C)nc(CSC)nc1N. The van der Waals surface area contributed by atoms with Gasteiger partial charge in [0.1, 0.15) is 17.2 Å². The number of carbonyl (C=O) groups is 1. The molecule has 5 nitrogen and oxygen atoms in total. The molecule has 1 aromatic rings. The van der Waals surface area contributed by atoms with Crippen molar-refractivity contribution in [1.82, 2.24) is 9.97 Å². The summed E-state index contributed by atoms with van der Waals surface area (Å²) in [7, 11) is 1.30. The molecule has 82 valence electrons. The van der Waals surface area contributed by atoms with Crippen molar-refractivity contribution in [2.75, 3.05) is 19.1 Å². The molecule has 0 bridgehead atoms. The molecule has 0 spiro atoms. The van der Waals surface area contributed by atoms with Crippen LogP contribution >= 0.6 is 11.8 Å². The molecular weight excluding hydrogens is 214 g/mol. The van der Waals surface area contributed by atoms with Gasteiger partial charge in [0.25, 0.3) is 0 Å². The third-order valence-corrected chi connectivity index (χ3v) is 2.37. The number of nitrogen functional groups attached to an aromatic ring is 1. The Hall–Kier alpha value is -1.30. The topological polar surface area (TPSA) is 78.1 Å². The molecule has 15 heavy (non-hydrogen) atoms. The number of ether oxygens (including phenoxy) is 1. The van der Waals surface area contributed by atoms with E-state index in [2.05, 4.69) is 14.7 Å². The maximum atomic E-state index is 11.3. The van der Waals surface area contributed by atoms with Crippen molar-refractivity contribution in [3.05, 3.63) is 17.1 Å². The molecule has 0 fully saturated rings. The Morgan fingerprint density at radius 3 is 2.67 bits per heavy atom. The minimum absolute atomic E-state index is 0.179. The number of hydrogen-bond acceptors (Lipinski definition) is 6. The molecule has 1 aromatic heterocycles. The lowest BCUT2D eigenvalue weighted by molar-refractivity contribution is 0.0600. The summed E-state index contributed by atoms with van der Waals surface area (Å²) in [5.41, 5.74) is 6.47. The summed E-state index contributed by atoms with van der Waals surface area (Å²) in [6.45, 7) is 1.72. The third-order valence-electron chi connectivity index (χ3n) is 1.83. The summed E-state index contributed by atoms with van der Waals surface area (Å²) in [6, 6.07) is 0. The van der Waals surface area contributed by atoms with E-state index in [1.54, 1.807) is 18.7 Å². The van der Waals surface area contributed by atoms with Crippen molar-refractivity contribution in [3.8, 4) is 0 Å². The van der Waals surface area contributed by atoms with Crippen molar-refractivity contribution in [2.24, 2.45) is 0 Å². The van der Waals surface area contributed by atoms with Gasteiger partial charge in [-0.15, -0.1) is 0 Å². The van der Waals surface area contributed by atoms with Crippen LogP contribution in [-0.4, -0.2) is 29.3 Å². The number of aromatic nitrogens is 2. The van der Waals surface area contributed by atoms with E-state index >= 15 is 0 Å². The molecule has 1 heterocycles. The highest BCUT2D eigenvalue weighted by atomic mass is 32.2. The second-order valence-electron chi connectivity index (χ2n) is 2.91. The molecule has 6 heteroatoms. The zero-order valence-corrected chi connectivity index (χ0v) is 9.72.